The van der Waals surface area contributed by atoms with Crippen LogP contribution in [0.25, 0.3) is 0 Å². The number of carbonyl (C=O) groups excluding carboxylic acids is 1. The molecule has 0 aromatic rings. The maximum atomic E-state index is 10.9. The first-order valence-electron chi connectivity index (χ1n) is 4.79. The van der Waals surface area contributed by atoms with Crippen LogP contribution >= 0.6 is 15.4 Å². The Morgan fingerprint density at radius 1 is 0.950 bits per heavy atom. The van der Waals surface area contributed by atoms with E-state index in [1.165, 1.54) is 0 Å². The molecule has 0 saturated heterocycles. The van der Waals surface area contributed by atoms with Crippen molar-refractivity contribution >= 4 is 20.9 Å². The van der Waals surface area contributed by atoms with E-state index in [2.05, 4.69) is 4.52 Å². The van der Waals surface area contributed by atoms with Crippen molar-refractivity contribution in [3.63, 3.8) is 0 Å². The highest BCUT2D eigenvalue weighted by Crippen LogP contribution is 2.38. The summed E-state index contributed by atoms with van der Waals surface area (Å²) in [5.41, 5.74) is -2.09. The Kier molecular flexibility index (Phi) is 7.08. The maximum Gasteiger partial charge on any atom is 0.469 e. The van der Waals surface area contributed by atoms with Gasteiger partial charge in [0.05, 0.1) is 6.61 Å². The summed E-state index contributed by atoms with van der Waals surface area (Å²) in [5.74, 6) is 0. The van der Waals surface area contributed by atoms with Gasteiger partial charge in [0.1, 0.15) is 18.3 Å². The molecular formula is C6H14O12P2. The van der Waals surface area contributed by atoms with Crippen LogP contribution in [0.5, 0.6) is 0 Å². The average Bonchev–Trinajstić information content (AvgIpc) is 2.30. The van der Waals surface area contributed by atoms with Crippen molar-refractivity contribution in [2.24, 2.45) is 0 Å². The van der Waals surface area contributed by atoms with Crippen molar-refractivity contribution < 1.29 is 58.4 Å². The van der Waals surface area contributed by atoms with Gasteiger partial charge in [-0.05, 0) is 0 Å². The zero-order chi connectivity index (χ0) is 16.3. The summed E-state index contributed by atoms with van der Waals surface area (Å²) < 4.78 is 24.6. The number of hydrogen-bond acceptors (Lipinski definition) is 8. The van der Waals surface area contributed by atoms with Gasteiger partial charge in [0, 0.05) is 0 Å². The highest BCUT2D eigenvalue weighted by Gasteiger charge is 2.41. The van der Waals surface area contributed by atoms with E-state index in [9.17, 15) is 29.2 Å². The molecule has 0 fully saturated rings. The summed E-state index contributed by atoms with van der Waals surface area (Å²) >= 11 is 0. The van der Waals surface area contributed by atoms with Crippen molar-refractivity contribution in [3.8, 4) is 0 Å². The lowest BCUT2D eigenvalue weighted by molar-refractivity contribution is -0.141. The van der Waals surface area contributed by atoms with Crippen LogP contribution in [-0.4, -0.2) is 76.5 Å². The highest BCUT2D eigenvalue weighted by atomic mass is 31.2. The van der Waals surface area contributed by atoms with Gasteiger partial charge in [0.2, 0.25) is 0 Å². The minimum absolute atomic E-state index is 1.17. The molecule has 120 valence electrons. The minimum atomic E-state index is -5.38. The number of hydrogen-bond donors (Lipinski definition) is 8. The molecule has 0 rings (SSSR count). The lowest BCUT2D eigenvalue weighted by Crippen LogP contribution is -2.48. The molecule has 0 saturated carbocycles. The maximum absolute atomic E-state index is 10.9. The molecule has 0 aliphatic carbocycles. The van der Waals surface area contributed by atoms with Crippen LogP contribution in [0.15, 0.2) is 0 Å². The van der Waals surface area contributed by atoms with Gasteiger partial charge in [-0.15, -0.1) is 0 Å². The SMILES string of the molecule is O=C([C@H](O)[C@@H](O)[C@H](O)[C@H](O)COP(=O)(O)O)P(=O)(O)O. The number of aliphatic hydroxyl groups excluding tert-OH is 4. The quantitative estimate of drug-likeness (QED) is 0.199. The normalized spacial score (nSPS) is 19.2. The highest BCUT2D eigenvalue weighted by molar-refractivity contribution is 7.70. The van der Waals surface area contributed by atoms with E-state index in [-0.39, 0.29) is 0 Å². The minimum Gasteiger partial charge on any atom is -0.388 e. The molecule has 0 heterocycles. The summed E-state index contributed by atoms with van der Waals surface area (Å²) in [4.78, 5) is 44.5. The molecule has 0 spiro atoms. The van der Waals surface area contributed by atoms with Crippen LogP contribution < -0.4 is 0 Å². The molecule has 8 N–H and O–H groups in total. The van der Waals surface area contributed by atoms with Crippen LogP contribution in [0.4, 0.5) is 0 Å². The molecular weight excluding hydrogens is 326 g/mol. The van der Waals surface area contributed by atoms with E-state index in [1.807, 2.05) is 0 Å². The first kappa shape index (κ1) is 19.8. The molecule has 0 radical (unpaired) electrons. The monoisotopic (exact) mass is 340 g/mol. The number of aliphatic hydroxyl groups is 4. The topological polar surface area (TPSA) is 222 Å². The number of phosphoric ester groups is 1. The molecule has 20 heavy (non-hydrogen) atoms. The van der Waals surface area contributed by atoms with Gasteiger partial charge in [-0.2, -0.15) is 0 Å². The van der Waals surface area contributed by atoms with Crippen LogP contribution in [0.2, 0.25) is 0 Å². The summed E-state index contributed by atoms with van der Waals surface area (Å²) in [7, 11) is -10.3. The number of rotatable bonds is 8. The van der Waals surface area contributed by atoms with E-state index in [0.29, 0.717) is 0 Å². The fraction of sp³-hybridized carbons (Fsp3) is 0.833. The van der Waals surface area contributed by atoms with E-state index in [1.54, 1.807) is 0 Å². The first-order valence-corrected chi connectivity index (χ1v) is 7.94. The Morgan fingerprint density at radius 3 is 1.75 bits per heavy atom. The Labute approximate surface area is 111 Å². The fourth-order valence-corrected chi connectivity index (χ4v) is 1.85. The molecule has 0 aromatic heterocycles. The summed E-state index contributed by atoms with van der Waals surface area (Å²) in [5, 5.41) is 36.8. The second-order valence-corrected chi connectivity index (χ2v) is 6.43. The average molecular weight is 340 g/mol. The zero-order valence-electron chi connectivity index (χ0n) is 9.62. The van der Waals surface area contributed by atoms with Crippen molar-refractivity contribution in [2.75, 3.05) is 6.61 Å². The molecule has 0 aromatic carbocycles. The van der Waals surface area contributed by atoms with Crippen LogP contribution in [0.3, 0.4) is 0 Å². The number of carbonyl (C=O) groups is 1. The van der Waals surface area contributed by atoms with E-state index in [0.717, 1.165) is 0 Å². The molecule has 0 aliphatic rings. The summed E-state index contributed by atoms with van der Waals surface area (Å²) in [6, 6.07) is 0. The van der Waals surface area contributed by atoms with Gasteiger partial charge >= 0.3 is 15.4 Å². The fourth-order valence-electron chi connectivity index (χ4n) is 1.00. The molecule has 14 heteroatoms. The van der Waals surface area contributed by atoms with Crippen molar-refractivity contribution in [2.45, 2.75) is 24.4 Å². The molecule has 0 aliphatic heterocycles. The predicted octanol–water partition coefficient (Wildman–Crippen LogP) is -3.76. The van der Waals surface area contributed by atoms with Crippen molar-refractivity contribution in [1.82, 2.24) is 0 Å². The van der Waals surface area contributed by atoms with Crippen LogP contribution in [0.1, 0.15) is 0 Å². The molecule has 0 unspecified atom stereocenters. The molecule has 12 nitrogen and oxygen atoms in total. The van der Waals surface area contributed by atoms with Gasteiger partial charge in [-0.1, -0.05) is 0 Å². The second kappa shape index (κ2) is 7.16. The lowest BCUT2D eigenvalue weighted by atomic mass is 10.0. The van der Waals surface area contributed by atoms with Gasteiger partial charge in [0.15, 0.2) is 6.10 Å². The second-order valence-electron chi connectivity index (χ2n) is 3.66. The standard InChI is InChI=1S/C6H14O12P2/c7-2(1-18-20(15,16)17)3(8)4(9)5(10)6(11)19(12,13)14/h2-5,7-10H,1H2,(H2,12,13,14)(H2,15,16,17)/t2-,3-,4+,5-/m1/s1. The summed E-state index contributed by atoms with van der Waals surface area (Å²) in [6.07, 6.45) is -9.72. The third-order valence-corrected chi connectivity index (χ3v) is 3.35. The smallest absolute Gasteiger partial charge is 0.388 e. The Balaban J connectivity index is 4.68. The van der Waals surface area contributed by atoms with Gasteiger partial charge in [0.25, 0.3) is 5.52 Å². The number of phosphoric acid groups is 1. The molecule has 0 amide bonds. The van der Waals surface area contributed by atoms with Gasteiger partial charge in [-0.25, -0.2) is 4.57 Å². The molecule has 0 bridgehead atoms. The van der Waals surface area contributed by atoms with Crippen LogP contribution in [-0.2, 0) is 18.4 Å². The van der Waals surface area contributed by atoms with E-state index < -0.39 is 52.0 Å². The lowest BCUT2D eigenvalue weighted by Gasteiger charge is -2.25. The Hall–Kier alpha value is -0.230. The first-order chi connectivity index (χ1) is 8.77. The van der Waals surface area contributed by atoms with E-state index >= 15 is 0 Å². The third-order valence-electron chi connectivity index (χ3n) is 2.02. The van der Waals surface area contributed by atoms with Crippen LogP contribution in [0, 0.1) is 0 Å². The Bertz CT molecular complexity index is 424. The zero-order valence-corrected chi connectivity index (χ0v) is 11.4. The predicted molar refractivity (Wildman–Crippen MR) is 59.1 cm³/mol. The van der Waals surface area contributed by atoms with Crippen molar-refractivity contribution in [3.05, 3.63) is 0 Å². The van der Waals surface area contributed by atoms with Gasteiger partial charge in [-0.3, -0.25) is 13.9 Å². The third kappa shape index (κ3) is 6.48. The Morgan fingerprint density at radius 2 is 1.40 bits per heavy atom. The molecule has 4 atom stereocenters. The largest absolute Gasteiger partial charge is 0.469 e. The summed E-state index contributed by atoms with van der Waals surface area (Å²) in [6.45, 7) is -1.17. The van der Waals surface area contributed by atoms with E-state index in [4.69, 9.17) is 24.7 Å². The van der Waals surface area contributed by atoms with Crippen molar-refractivity contribution in [1.29, 1.82) is 0 Å². The van der Waals surface area contributed by atoms with Gasteiger partial charge < -0.3 is 40.0 Å².